The highest BCUT2D eigenvalue weighted by Gasteiger charge is 2.33. The zero-order valence-corrected chi connectivity index (χ0v) is 13.1. The minimum Gasteiger partial charge on any atom is -0.477 e. The van der Waals surface area contributed by atoms with Crippen LogP contribution in [-0.4, -0.2) is 47.9 Å². The molecule has 1 unspecified atom stereocenters. The van der Waals surface area contributed by atoms with Crippen molar-refractivity contribution in [1.29, 1.82) is 0 Å². The van der Waals surface area contributed by atoms with Crippen LogP contribution < -0.4 is 0 Å². The molecule has 1 saturated heterocycles. The van der Waals surface area contributed by atoms with Gasteiger partial charge in [0, 0.05) is 29.0 Å². The molecule has 1 aromatic heterocycles. The Morgan fingerprint density at radius 3 is 2.74 bits per heavy atom. The maximum Gasteiger partial charge on any atom is 0.345 e. The van der Waals surface area contributed by atoms with Crippen LogP contribution in [0.1, 0.15) is 21.5 Å². The normalized spacial score (nSPS) is 21.5. The van der Waals surface area contributed by atoms with E-state index >= 15 is 0 Å². The predicted molar refractivity (Wildman–Crippen MR) is 76.7 cm³/mol. The van der Waals surface area contributed by atoms with Gasteiger partial charge in [-0.1, -0.05) is 0 Å². The summed E-state index contributed by atoms with van der Waals surface area (Å²) >= 11 is 2.74. The molecule has 19 heavy (non-hydrogen) atoms. The van der Waals surface area contributed by atoms with E-state index in [1.165, 1.54) is 10.4 Å². The van der Waals surface area contributed by atoms with Gasteiger partial charge < -0.3 is 5.11 Å². The Labute approximate surface area is 120 Å². The number of carboxylic acid groups (broad SMARTS) is 1. The lowest BCUT2D eigenvalue weighted by Crippen LogP contribution is -2.44. The summed E-state index contributed by atoms with van der Waals surface area (Å²) in [7, 11) is -3.59. The van der Waals surface area contributed by atoms with E-state index in [-0.39, 0.29) is 15.8 Å². The fraction of sp³-hybridized carbons (Fsp3) is 0.545. The van der Waals surface area contributed by atoms with Crippen molar-refractivity contribution in [1.82, 2.24) is 4.31 Å². The van der Waals surface area contributed by atoms with Crippen molar-refractivity contribution >= 4 is 39.1 Å². The van der Waals surface area contributed by atoms with Crippen molar-refractivity contribution in [2.75, 3.05) is 18.1 Å². The van der Waals surface area contributed by atoms with Crippen molar-refractivity contribution in [2.45, 2.75) is 24.8 Å². The molecule has 0 radical (unpaired) electrons. The van der Waals surface area contributed by atoms with Gasteiger partial charge in [0.05, 0.1) is 4.90 Å². The molecule has 5 nitrogen and oxygen atoms in total. The first-order valence-corrected chi connectivity index (χ1v) is 9.18. The zero-order valence-electron chi connectivity index (χ0n) is 10.6. The highest BCUT2D eigenvalue weighted by atomic mass is 32.2. The number of hydrogen-bond donors (Lipinski definition) is 1. The second-order valence-corrected chi connectivity index (χ2v) is 8.64. The van der Waals surface area contributed by atoms with Crippen LogP contribution in [0.25, 0.3) is 0 Å². The molecule has 0 saturated carbocycles. The second kappa shape index (κ2) is 5.43. The standard InChI is InChI=1S/C11H15NO4S3/c1-7-6-17-4-3-12(7)19(15,16)10-5-9(11(13)14)18-8(10)2/h5,7H,3-4,6H2,1-2H3,(H,13,14). The number of aryl methyl sites for hydroxylation is 1. The number of rotatable bonds is 3. The van der Waals surface area contributed by atoms with E-state index in [9.17, 15) is 13.2 Å². The van der Waals surface area contributed by atoms with Gasteiger partial charge in [-0.2, -0.15) is 16.1 Å². The molecule has 1 atom stereocenters. The molecule has 1 N–H and O–H groups in total. The molecule has 0 amide bonds. The van der Waals surface area contributed by atoms with Gasteiger partial charge >= 0.3 is 5.97 Å². The summed E-state index contributed by atoms with van der Waals surface area (Å²) in [6, 6.07) is 1.21. The van der Waals surface area contributed by atoms with E-state index in [2.05, 4.69) is 0 Å². The number of nitrogens with zero attached hydrogens (tertiary/aromatic N) is 1. The van der Waals surface area contributed by atoms with Gasteiger partial charge in [-0.3, -0.25) is 0 Å². The van der Waals surface area contributed by atoms with E-state index in [0.717, 1.165) is 22.8 Å². The van der Waals surface area contributed by atoms with E-state index in [0.29, 0.717) is 11.4 Å². The highest BCUT2D eigenvalue weighted by Crippen LogP contribution is 2.31. The molecular weight excluding hydrogens is 306 g/mol. The van der Waals surface area contributed by atoms with Crippen LogP contribution in [0, 0.1) is 6.92 Å². The topological polar surface area (TPSA) is 74.7 Å². The summed E-state index contributed by atoms with van der Waals surface area (Å²) in [5, 5.41) is 8.95. The molecule has 106 valence electrons. The van der Waals surface area contributed by atoms with Crippen molar-refractivity contribution in [3.63, 3.8) is 0 Å². The number of thiophene rings is 1. The van der Waals surface area contributed by atoms with Crippen LogP contribution in [0.4, 0.5) is 0 Å². The molecule has 2 heterocycles. The number of sulfonamides is 1. The number of carbonyl (C=O) groups is 1. The third kappa shape index (κ3) is 2.81. The van der Waals surface area contributed by atoms with Crippen LogP contribution >= 0.6 is 23.1 Å². The van der Waals surface area contributed by atoms with Crippen molar-refractivity contribution in [3.8, 4) is 0 Å². The van der Waals surface area contributed by atoms with Crippen molar-refractivity contribution < 1.29 is 18.3 Å². The molecule has 0 spiro atoms. The summed E-state index contributed by atoms with van der Waals surface area (Å²) in [5.74, 6) is 0.462. The van der Waals surface area contributed by atoms with E-state index in [1.54, 1.807) is 18.7 Å². The van der Waals surface area contributed by atoms with Gasteiger partial charge in [-0.25, -0.2) is 13.2 Å². The van der Waals surface area contributed by atoms with Crippen LogP contribution in [-0.2, 0) is 10.0 Å². The third-order valence-corrected chi connectivity index (χ3v) is 7.47. The van der Waals surface area contributed by atoms with Crippen LogP contribution in [0.15, 0.2) is 11.0 Å². The second-order valence-electron chi connectivity index (χ2n) is 4.38. The molecule has 0 bridgehead atoms. The quantitative estimate of drug-likeness (QED) is 0.920. The van der Waals surface area contributed by atoms with Gasteiger partial charge in [0.2, 0.25) is 10.0 Å². The smallest absolute Gasteiger partial charge is 0.345 e. The Morgan fingerprint density at radius 1 is 1.53 bits per heavy atom. The summed E-state index contributed by atoms with van der Waals surface area (Å²) in [4.78, 5) is 11.7. The van der Waals surface area contributed by atoms with Gasteiger partial charge in [0.15, 0.2) is 0 Å². The molecule has 0 aliphatic carbocycles. The number of thioether (sulfide) groups is 1. The van der Waals surface area contributed by atoms with Crippen LogP contribution in [0.3, 0.4) is 0 Å². The summed E-state index contributed by atoms with van der Waals surface area (Å²) in [6.45, 7) is 4.00. The Hall–Kier alpha value is -0.570. The van der Waals surface area contributed by atoms with Gasteiger partial charge in [-0.05, 0) is 19.9 Å². The van der Waals surface area contributed by atoms with Gasteiger partial charge in [0.25, 0.3) is 0 Å². The monoisotopic (exact) mass is 321 g/mol. The van der Waals surface area contributed by atoms with E-state index in [1.807, 2.05) is 6.92 Å². The molecule has 2 rings (SSSR count). The predicted octanol–water partition coefficient (Wildman–Crippen LogP) is 1.88. The lowest BCUT2D eigenvalue weighted by Gasteiger charge is -2.31. The number of hydrogen-bond acceptors (Lipinski definition) is 5. The van der Waals surface area contributed by atoms with E-state index < -0.39 is 16.0 Å². The van der Waals surface area contributed by atoms with E-state index in [4.69, 9.17) is 5.11 Å². The Balaban J connectivity index is 2.41. The fourth-order valence-corrected chi connectivity index (χ4v) is 6.28. The van der Waals surface area contributed by atoms with Crippen molar-refractivity contribution in [3.05, 3.63) is 15.8 Å². The SMILES string of the molecule is Cc1sc(C(=O)O)cc1S(=O)(=O)N1CCSCC1C. The highest BCUT2D eigenvalue weighted by molar-refractivity contribution is 7.99. The van der Waals surface area contributed by atoms with Crippen LogP contribution in [0.2, 0.25) is 0 Å². The zero-order chi connectivity index (χ0) is 14.2. The molecule has 1 aromatic rings. The van der Waals surface area contributed by atoms with Crippen LogP contribution in [0.5, 0.6) is 0 Å². The summed E-state index contributed by atoms with van der Waals surface area (Å²) < 4.78 is 26.6. The Morgan fingerprint density at radius 2 is 2.21 bits per heavy atom. The third-order valence-electron chi connectivity index (χ3n) is 2.98. The lowest BCUT2D eigenvalue weighted by atomic mass is 10.4. The minimum absolute atomic E-state index is 0.0590. The fourth-order valence-electron chi connectivity index (χ4n) is 2.02. The largest absolute Gasteiger partial charge is 0.477 e. The van der Waals surface area contributed by atoms with Gasteiger partial charge in [0.1, 0.15) is 4.88 Å². The summed E-state index contributed by atoms with van der Waals surface area (Å²) in [5.41, 5.74) is 0. The Bertz CT molecular complexity index is 593. The van der Waals surface area contributed by atoms with Crippen molar-refractivity contribution in [2.24, 2.45) is 0 Å². The average Bonchev–Trinajstić information content (AvgIpc) is 2.72. The molecule has 1 fully saturated rings. The lowest BCUT2D eigenvalue weighted by molar-refractivity contribution is 0.0702. The maximum atomic E-state index is 12.6. The van der Waals surface area contributed by atoms with Gasteiger partial charge in [-0.15, -0.1) is 11.3 Å². The maximum absolute atomic E-state index is 12.6. The number of carboxylic acids is 1. The molecular formula is C11H15NO4S3. The molecule has 0 aromatic carbocycles. The Kier molecular flexibility index (Phi) is 4.24. The average molecular weight is 321 g/mol. The number of aromatic carboxylic acids is 1. The first-order chi connectivity index (χ1) is 8.84. The summed E-state index contributed by atoms with van der Waals surface area (Å²) in [6.07, 6.45) is 0. The molecule has 1 aliphatic rings. The molecule has 8 heteroatoms. The minimum atomic E-state index is -3.59. The molecule has 1 aliphatic heterocycles. The first-order valence-electron chi connectivity index (χ1n) is 5.77. The first kappa shape index (κ1) is 14.8.